The predicted molar refractivity (Wildman–Crippen MR) is 157 cm³/mol. The van der Waals surface area contributed by atoms with E-state index in [4.69, 9.17) is 4.74 Å². The zero-order chi connectivity index (χ0) is 31.4. The molecule has 0 radical (unpaired) electrons. The fourth-order valence-electron chi connectivity index (χ4n) is 5.35. The minimum atomic E-state index is -1.15. The molecule has 14 heteroatoms. The van der Waals surface area contributed by atoms with E-state index in [1.54, 1.807) is 26.0 Å². The molecular weight excluding hydrogens is 568 g/mol. The van der Waals surface area contributed by atoms with E-state index in [1.165, 1.54) is 33.8 Å². The summed E-state index contributed by atoms with van der Waals surface area (Å²) in [6.07, 6.45) is 1.21. The van der Waals surface area contributed by atoms with Gasteiger partial charge in [-0.3, -0.25) is 24.0 Å². The first-order chi connectivity index (χ1) is 21.1. The maximum Gasteiger partial charge on any atom is 0.274 e. The van der Waals surface area contributed by atoms with E-state index in [0.29, 0.717) is 5.65 Å². The van der Waals surface area contributed by atoms with Gasteiger partial charge in [-0.05, 0) is 23.6 Å². The van der Waals surface area contributed by atoms with Crippen LogP contribution in [0.1, 0.15) is 29.9 Å². The molecule has 2 fully saturated rings. The number of ether oxygens (including phenoxy) is 1. The fourth-order valence-corrected chi connectivity index (χ4v) is 5.35. The Balaban J connectivity index is 1.46. The second-order valence-electron chi connectivity index (χ2n) is 11.4. The molecule has 5 amide bonds. The number of nitrogens with zero attached hydrogens (tertiary/aromatic N) is 5. The first-order valence-electron chi connectivity index (χ1n) is 14.5. The number of likely N-dealkylation sites (N-methyl/N-ethyl adjacent to an activating group) is 1. The lowest BCUT2D eigenvalue weighted by Gasteiger charge is -2.38. The van der Waals surface area contributed by atoms with Gasteiger partial charge in [-0.15, -0.1) is 0 Å². The smallest absolute Gasteiger partial charge is 0.274 e. The van der Waals surface area contributed by atoms with Gasteiger partial charge >= 0.3 is 0 Å². The first kappa shape index (κ1) is 30.6. The van der Waals surface area contributed by atoms with Crippen molar-refractivity contribution in [3.63, 3.8) is 0 Å². The van der Waals surface area contributed by atoms with Crippen LogP contribution in [0.2, 0.25) is 0 Å². The second-order valence-corrected chi connectivity index (χ2v) is 11.4. The van der Waals surface area contributed by atoms with E-state index in [9.17, 15) is 24.0 Å². The molecule has 0 unspecified atom stereocenters. The number of rotatable bonds is 4. The number of carbonyl (C=O) groups is 5. The third-order valence-corrected chi connectivity index (χ3v) is 7.67. The number of carbonyl (C=O) groups excluding carboxylic acids is 5. The Hall–Kier alpha value is -4.85. The number of benzene rings is 1. The van der Waals surface area contributed by atoms with E-state index in [0.717, 1.165) is 5.56 Å². The van der Waals surface area contributed by atoms with Gasteiger partial charge < -0.3 is 30.5 Å². The zero-order valence-electron chi connectivity index (χ0n) is 24.8. The molecule has 0 saturated carbocycles. The van der Waals surface area contributed by atoms with Crippen molar-refractivity contribution in [1.82, 2.24) is 40.3 Å². The van der Waals surface area contributed by atoms with Crippen LogP contribution >= 0.6 is 0 Å². The summed E-state index contributed by atoms with van der Waals surface area (Å²) in [6.45, 7) is 3.22. The molecule has 0 aliphatic carbocycles. The topological polar surface area (TPSA) is 167 Å². The van der Waals surface area contributed by atoms with Crippen LogP contribution in [0.3, 0.4) is 0 Å². The Kier molecular flexibility index (Phi) is 9.18. The van der Waals surface area contributed by atoms with Crippen molar-refractivity contribution in [2.24, 2.45) is 5.92 Å². The molecule has 4 heterocycles. The third-order valence-electron chi connectivity index (χ3n) is 7.67. The number of hydrogen-bond acceptors (Lipinski definition) is 8. The van der Waals surface area contributed by atoms with Gasteiger partial charge in [0.05, 0.1) is 25.4 Å². The van der Waals surface area contributed by atoms with Crippen LogP contribution in [0.25, 0.3) is 5.65 Å². The third kappa shape index (κ3) is 6.86. The molecule has 2 bridgehead atoms. The fraction of sp³-hybridized carbons (Fsp3) is 0.433. The Morgan fingerprint density at radius 2 is 1.80 bits per heavy atom. The van der Waals surface area contributed by atoms with Crippen LogP contribution in [0, 0.1) is 5.92 Å². The number of amides is 5. The number of morpholine rings is 1. The van der Waals surface area contributed by atoms with Crippen molar-refractivity contribution in [1.29, 1.82) is 0 Å². The Morgan fingerprint density at radius 1 is 1.02 bits per heavy atom. The van der Waals surface area contributed by atoms with Crippen LogP contribution in [-0.2, 0) is 30.3 Å². The van der Waals surface area contributed by atoms with E-state index < -0.39 is 53.8 Å². The molecule has 3 aromatic rings. The lowest BCUT2D eigenvalue weighted by Crippen LogP contribution is -2.59. The molecule has 2 saturated heterocycles. The SMILES string of the molecule is CC(C)[C@@H]1NC(=O)CN(C)C(=O)[C@@H](Cc2ccccc2)NC(=O)[C@H]2CN(C(=O)c3cnc4cccnn34)C[C@H](CNC1=O)O2. The quantitative estimate of drug-likeness (QED) is 0.355. The highest BCUT2D eigenvalue weighted by Gasteiger charge is 2.38. The van der Waals surface area contributed by atoms with Crippen LogP contribution in [-0.4, -0.2) is 111 Å². The average molecular weight is 605 g/mol. The summed E-state index contributed by atoms with van der Waals surface area (Å²) in [6, 6.07) is 10.7. The molecule has 2 aliphatic rings. The summed E-state index contributed by atoms with van der Waals surface area (Å²) in [7, 11) is 1.46. The van der Waals surface area contributed by atoms with E-state index >= 15 is 0 Å². The van der Waals surface area contributed by atoms with Gasteiger partial charge in [-0.2, -0.15) is 5.10 Å². The largest absolute Gasteiger partial charge is 0.360 e. The molecule has 2 aromatic heterocycles. The first-order valence-corrected chi connectivity index (χ1v) is 14.5. The molecule has 5 rings (SSSR count). The summed E-state index contributed by atoms with van der Waals surface area (Å²) < 4.78 is 7.53. The molecule has 3 N–H and O–H groups in total. The summed E-state index contributed by atoms with van der Waals surface area (Å²) in [4.78, 5) is 74.1. The number of fused-ring (bicyclic) bond motifs is 3. The van der Waals surface area contributed by atoms with E-state index in [-0.39, 0.29) is 44.2 Å². The highest BCUT2D eigenvalue weighted by molar-refractivity contribution is 5.95. The molecule has 232 valence electrons. The molecule has 4 atom stereocenters. The molecule has 1 aromatic carbocycles. The van der Waals surface area contributed by atoms with Crippen molar-refractivity contribution < 1.29 is 28.7 Å². The van der Waals surface area contributed by atoms with Crippen LogP contribution in [0.15, 0.2) is 54.9 Å². The van der Waals surface area contributed by atoms with Crippen LogP contribution < -0.4 is 16.0 Å². The van der Waals surface area contributed by atoms with Crippen molar-refractivity contribution in [2.45, 2.75) is 44.6 Å². The van der Waals surface area contributed by atoms with Gasteiger partial charge in [0.2, 0.25) is 17.7 Å². The zero-order valence-corrected chi connectivity index (χ0v) is 24.8. The van der Waals surface area contributed by atoms with Crippen LogP contribution in [0.5, 0.6) is 0 Å². The number of nitrogens with one attached hydrogen (secondary N) is 3. The average Bonchev–Trinajstić information content (AvgIpc) is 3.45. The van der Waals surface area contributed by atoms with Gasteiger partial charge in [0, 0.05) is 32.8 Å². The molecule has 2 aliphatic heterocycles. The van der Waals surface area contributed by atoms with Gasteiger partial charge in [0.1, 0.15) is 12.1 Å². The summed E-state index contributed by atoms with van der Waals surface area (Å²) in [5, 5.41) is 12.6. The number of aromatic nitrogens is 3. The Bertz CT molecular complexity index is 1540. The molecule has 44 heavy (non-hydrogen) atoms. The minimum Gasteiger partial charge on any atom is -0.360 e. The summed E-state index contributed by atoms with van der Waals surface area (Å²) >= 11 is 0. The Labute approximate surface area is 254 Å². The van der Waals surface area contributed by atoms with Gasteiger partial charge in [0.25, 0.3) is 11.8 Å². The van der Waals surface area contributed by atoms with Gasteiger partial charge in [0.15, 0.2) is 17.4 Å². The predicted octanol–water partition coefficient (Wildman–Crippen LogP) is -0.605. The second kappa shape index (κ2) is 13.2. The van der Waals surface area contributed by atoms with Crippen LogP contribution in [0.4, 0.5) is 0 Å². The minimum absolute atomic E-state index is 0.0246. The normalized spacial score (nSPS) is 23.9. The summed E-state index contributed by atoms with van der Waals surface area (Å²) in [5.74, 6) is -2.73. The number of hydrogen-bond donors (Lipinski definition) is 3. The highest BCUT2D eigenvalue weighted by Crippen LogP contribution is 2.17. The van der Waals surface area contributed by atoms with Gasteiger partial charge in [-0.1, -0.05) is 44.2 Å². The molecular formula is C30H36N8O6. The van der Waals surface area contributed by atoms with E-state index in [1.807, 2.05) is 30.3 Å². The van der Waals surface area contributed by atoms with E-state index in [2.05, 4.69) is 26.0 Å². The van der Waals surface area contributed by atoms with Gasteiger partial charge in [-0.25, -0.2) is 9.50 Å². The van der Waals surface area contributed by atoms with Crippen molar-refractivity contribution >= 4 is 35.2 Å². The lowest BCUT2D eigenvalue weighted by atomic mass is 10.0. The maximum absolute atomic E-state index is 13.7. The highest BCUT2D eigenvalue weighted by atomic mass is 16.5. The van der Waals surface area contributed by atoms with Crippen molar-refractivity contribution in [2.75, 3.05) is 33.2 Å². The number of imidazole rings is 1. The summed E-state index contributed by atoms with van der Waals surface area (Å²) in [5.41, 5.74) is 1.49. The van der Waals surface area contributed by atoms with Crippen molar-refractivity contribution in [3.05, 3.63) is 66.1 Å². The Morgan fingerprint density at radius 3 is 2.55 bits per heavy atom. The lowest BCUT2D eigenvalue weighted by molar-refractivity contribution is -0.148. The monoisotopic (exact) mass is 604 g/mol. The van der Waals surface area contributed by atoms with Crippen molar-refractivity contribution in [3.8, 4) is 0 Å². The standard InChI is InChI=1S/C30H36N8O6/c1-18(2)26-28(41)32-13-20-15-37(30(43)22-14-31-24-10-7-11-33-38(22)24)16-23(44-20)27(40)34-21(12-19-8-5-4-6-9-19)29(42)36(3)17-25(39)35-26/h4-11,14,18,20-21,23,26H,12-13,15-17H2,1-3H3,(H,32,41)(H,34,40)(H,35,39)/t20-,21+,23+,26-/m0/s1. The molecule has 14 nitrogen and oxygen atoms in total. The molecule has 0 spiro atoms. The maximum atomic E-state index is 13.7.